The molecule has 0 aromatic rings. The molecule has 0 aromatic heterocycles. The molecule has 170 valence electrons. The third-order valence-corrected chi connectivity index (χ3v) is 9.38. The van der Waals surface area contributed by atoms with E-state index in [9.17, 15) is 14.7 Å². The van der Waals surface area contributed by atoms with Gasteiger partial charge in [-0.3, -0.25) is 9.59 Å². The van der Waals surface area contributed by atoms with Crippen molar-refractivity contribution in [2.45, 2.75) is 98.8 Å². The van der Waals surface area contributed by atoms with Gasteiger partial charge in [-0.15, -0.1) is 0 Å². The lowest BCUT2D eigenvalue weighted by Gasteiger charge is -2.66. The minimum absolute atomic E-state index is 0.126. The average Bonchev–Trinajstić information content (AvgIpc) is 2.94. The van der Waals surface area contributed by atoms with E-state index in [2.05, 4.69) is 27.7 Å². The van der Waals surface area contributed by atoms with Crippen molar-refractivity contribution < 1.29 is 28.9 Å². The molecule has 3 saturated carbocycles. The zero-order valence-corrected chi connectivity index (χ0v) is 19.3. The van der Waals surface area contributed by atoms with Crippen LogP contribution in [0.2, 0.25) is 0 Å². The van der Waals surface area contributed by atoms with Crippen molar-refractivity contribution in [2.75, 3.05) is 0 Å². The first-order valence-electron chi connectivity index (χ1n) is 11.6. The summed E-state index contributed by atoms with van der Waals surface area (Å²) < 4.78 is 17.0. The topological polar surface area (TPSA) is 82.1 Å². The number of esters is 2. The summed E-state index contributed by atoms with van der Waals surface area (Å²) in [5, 5.41) is 11.3. The van der Waals surface area contributed by atoms with Crippen LogP contribution in [0.4, 0.5) is 0 Å². The summed E-state index contributed by atoms with van der Waals surface area (Å²) in [6.45, 7) is 12.2. The summed E-state index contributed by atoms with van der Waals surface area (Å²) in [4.78, 5) is 23.5. The van der Waals surface area contributed by atoms with Crippen molar-refractivity contribution in [3.05, 3.63) is 0 Å². The van der Waals surface area contributed by atoms with E-state index in [1.165, 1.54) is 26.7 Å². The second-order valence-corrected chi connectivity index (χ2v) is 11.5. The highest BCUT2D eigenvalue weighted by Crippen LogP contribution is 2.70. The Bertz CT molecular complexity index is 718. The van der Waals surface area contributed by atoms with Crippen molar-refractivity contribution in [1.29, 1.82) is 0 Å². The molecule has 4 fully saturated rings. The van der Waals surface area contributed by atoms with E-state index in [1.807, 2.05) is 0 Å². The maximum atomic E-state index is 11.9. The number of carbonyl (C=O) groups excluding carboxylic acids is 2. The molecule has 0 bridgehead atoms. The van der Waals surface area contributed by atoms with E-state index in [-0.39, 0.29) is 28.1 Å². The monoisotopic (exact) mass is 422 g/mol. The zero-order chi connectivity index (χ0) is 22.1. The molecule has 0 aromatic carbocycles. The molecule has 4 rings (SSSR count). The van der Waals surface area contributed by atoms with Crippen LogP contribution in [-0.2, 0) is 23.8 Å². The quantitative estimate of drug-likeness (QED) is 0.677. The van der Waals surface area contributed by atoms with Crippen molar-refractivity contribution in [1.82, 2.24) is 0 Å². The molecule has 2 unspecified atom stereocenters. The van der Waals surface area contributed by atoms with Crippen LogP contribution < -0.4 is 0 Å². The summed E-state index contributed by atoms with van der Waals surface area (Å²) in [5.41, 5.74) is 0.260. The molecule has 1 aliphatic heterocycles. The fraction of sp³-hybridized carbons (Fsp3) is 0.917. The van der Waals surface area contributed by atoms with Crippen LogP contribution in [0.15, 0.2) is 0 Å². The highest BCUT2D eigenvalue weighted by atomic mass is 16.8. The van der Waals surface area contributed by atoms with Crippen molar-refractivity contribution in [2.24, 2.45) is 39.9 Å². The van der Waals surface area contributed by atoms with Gasteiger partial charge in [0.15, 0.2) is 0 Å². The predicted octanol–water partition coefficient (Wildman–Crippen LogP) is 4.04. The summed E-state index contributed by atoms with van der Waals surface area (Å²) in [5.74, 6) is -0.525. The van der Waals surface area contributed by atoms with Crippen LogP contribution in [0.3, 0.4) is 0 Å². The summed E-state index contributed by atoms with van der Waals surface area (Å²) >= 11 is 0. The van der Waals surface area contributed by atoms with Gasteiger partial charge in [-0.1, -0.05) is 34.1 Å². The normalized spacial score (nSPS) is 49.4. The standard InChI is InChI=1S/C24H38O6/c1-13(25)28-20-18-15(27)12-17-23(5)10-7-9-22(3,4)16(23)8-11-24(17,6)19(18)21(30-20)29-14(2)26/h15-21,27H,7-12H2,1-6H3/t15-,16?,17?,18+,19-,20+,21-,23-,24+/m0/s1. The van der Waals surface area contributed by atoms with Crippen molar-refractivity contribution in [3.63, 3.8) is 0 Å². The van der Waals surface area contributed by atoms with E-state index in [1.54, 1.807) is 0 Å². The van der Waals surface area contributed by atoms with Gasteiger partial charge in [-0.25, -0.2) is 0 Å². The Labute approximate surface area is 180 Å². The van der Waals surface area contributed by atoms with Gasteiger partial charge in [0.1, 0.15) is 0 Å². The first-order chi connectivity index (χ1) is 13.9. The third-order valence-electron chi connectivity index (χ3n) is 9.38. The Morgan fingerprint density at radius 3 is 2.17 bits per heavy atom. The van der Waals surface area contributed by atoms with E-state index in [0.29, 0.717) is 18.3 Å². The van der Waals surface area contributed by atoms with Gasteiger partial charge in [0.05, 0.1) is 12.0 Å². The van der Waals surface area contributed by atoms with Crippen LogP contribution in [-0.4, -0.2) is 35.7 Å². The van der Waals surface area contributed by atoms with Crippen molar-refractivity contribution in [3.8, 4) is 0 Å². The summed E-state index contributed by atoms with van der Waals surface area (Å²) in [6.07, 6.45) is 4.10. The Kier molecular flexibility index (Phi) is 5.29. The van der Waals surface area contributed by atoms with E-state index >= 15 is 0 Å². The second kappa shape index (κ2) is 7.19. The Balaban J connectivity index is 1.74. The second-order valence-electron chi connectivity index (χ2n) is 11.5. The highest BCUT2D eigenvalue weighted by Gasteiger charge is 2.69. The lowest BCUT2D eigenvalue weighted by molar-refractivity contribution is -0.226. The SMILES string of the molecule is CC(=O)O[C@@H]1O[C@H](OC(C)=O)[C@@H]2[C@H]1[C@@H](O)CC1[C@@]3(C)CCCC(C)(C)C3CC[C@]12C. The average molecular weight is 423 g/mol. The van der Waals surface area contributed by atoms with Crippen LogP contribution in [0.1, 0.15) is 80.1 Å². The minimum Gasteiger partial charge on any atom is -0.435 e. The van der Waals surface area contributed by atoms with Gasteiger partial charge >= 0.3 is 11.9 Å². The number of ether oxygens (including phenoxy) is 3. The molecule has 0 amide bonds. The number of rotatable bonds is 2. The molecule has 9 atom stereocenters. The molecule has 3 aliphatic carbocycles. The van der Waals surface area contributed by atoms with Gasteiger partial charge in [0, 0.05) is 19.8 Å². The third kappa shape index (κ3) is 3.21. The number of hydrogen-bond acceptors (Lipinski definition) is 6. The van der Waals surface area contributed by atoms with E-state index in [0.717, 1.165) is 19.3 Å². The fourth-order valence-electron chi connectivity index (χ4n) is 8.39. The van der Waals surface area contributed by atoms with Gasteiger partial charge in [-0.2, -0.15) is 0 Å². The zero-order valence-electron chi connectivity index (χ0n) is 19.3. The van der Waals surface area contributed by atoms with Crippen molar-refractivity contribution >= 4 is 11.9 Å². The molecule has 6 nitrogen and oxygen atoms in total. The summed E-state index contributed by atoms with van der Waals surface area (Å²) in [6, 6.07) is 0. The molecule has 1 saturated heterocycles. The maximum Gasteiger partial charge on any atom is 0.304 e. The lowest BCUT2D eigenvalue weighted by Crippen LogP contribution is -2.63. The lowest BCUT2D eigenvalue weighted by atomic mass is 9.38. The molecular formula is C24H38O6. The Hall–Kier alpha value is -1.14. The van der Waals surface area contributed by atoms with Gasteiger partial charge < -0.3 is 19.3 Å². The highest BCUT2D eigenvalue weighted by molar-refractivity contribution is 5.66. The largest absolute Gasteiger partial charge is 0.435 e. The van der Waals surface area contributed by atoms with Crippen LogP contribution in [0, 0.1) is 39.9 Å². The molecule has 0 radical (unpaired) electrons. The van der Waals surface area contributed by atoms with Crippen LogP contribution in [0.5, 0.6) is 0 Å². The first-order valence-corrected chi connectivity index (χ1v) is 11.6. The Morgan fingerprint density at radius 2 is 1.53 bits per heavy atom. The van der Waals surface area contributed by atoms with E-state index in [4.69, 9.17) is 14.2 Å². The molecular weight excluding hydrogens is 384 g/mol. The number of fused-ring (bicyclic) bond motifs is 5. The molecule has 1 N–H and O–H groups in total. The van der Waals surface area contributed by atoms with Gasteiger partial charge in [0.25, 0.3) is 0 Å². The molecule has 1 heterocycles. The number of aliphatic hydroxyl groups excluding tert-OH is 1. The molecule has 30 heavy (non-hydrogen) atoms. The minimum atomic E-state index is -0.877. The van der Waals surface area contributed by atoms with Crippen LogP contribution in [0.25, 0.3) is 0 Å². The fourth-order valence-corrected chi connectivity index (χ4v) is 8.39. The summed E-state index contributed by atoms with van der Waals surface area (Å²) in [7, 11) is 0. The van der Waals surface area contributed by atoms with Gasteiger partial charge in [0.2, 0.25) is 12.6 Å². The molecule has 6 heteroatoms. The smallest absolute Gasteiger partial charge is 0.304 e. The predicted molar refractivity (Wildman–Crippen MR) is 110 cm³/mol. The molecule has 0 spiro atoms. The maximum absolute atomic E-state index is 11.9. The Morgan fingerprint density at radius 1 is 0.900 bits per heavy atom. The first kappa shape index (κ1) is 22.1. The molecule has 4 aliphatic rings. The number of hydrogen-bond donors (Lipinski definition) is 1. The number of aliphatic hydroxyl groups is 1. The van der Waals surface area contributed by atoms with Gasteiger partial charge in [-0.05, 0) is 60.2 Å². The van der Waals surface area contributed by atoms with Crippen LogP contribution >= 0.6 is 0 Å². The van der Waals surface area contributed by atoms with E-state index < -0.39 is 30.6 Å². The number of carbonyl (C=O) groups is 2.